The van der Waals surface area contributed by atoms with Crippen LogP contribution in [0.2, 0.25) is 0 Å². The van der Waals surface area contributed by atoms with Crippen LogP contribution in [-0.2, 0) is 9.59 Å². The van der Waals surface area contributed by atoms with E-state index in [1.165, 1.54) is 10.7 Å². The van der Waals surface area contributed by atoms with E-state index in [4.69, 9.17) is 9.84 Å². The van der Waals surface area contributed by atoms with Crippen molar-refractivity contribution in [3.63, 3.8) is 0 Å². The molecule has 2 amide bonds. The van der Waals surface area contributed by atoms with Gasteiger partial charge in [0.15, 0.2) is 5.69 Å². The summed E-state index contributed by atoms with van der Waals surface area (Å²) in [6.45, 7) is 3.39. The summed E-state index contributed by atoms with van der Waals surface area (Å²) >= 11 is 0. The van der Waals surface area contributed by atoms with E-state index in [0.717, 1.165) is 5.69 Å². The predicted octanol–water partition coefficient (Wildman–Crippen LogP) is 1.23. The van der Waals surface area contributed by atoms with E-state index < -0.39 is 23.8 Å². The Balaban J connectivity index is 1.91. The molecule has 1 aromatic heterocycles. The first kappa shape index (κ1) is 20.9. The van der Waals surface area contributed by atoms with E-state index in [1.807, 2.05) is 13.8 Å². The van der Waals surface area contributed by atoms with Gasteiger partial charge in [0.25, 0.3) is 5.91 Å². The second kappa shape index (κ2) is 9.54. The average molecular weight is 388 g/mol. The highest BCUT2D eigenvalue weighted by Crippen LogP contribution is 2.14. The lowest BCUT2D eigenvalue weighted by Gasteiger charge is -2.16. The van der Waals surface area contributed by atoms with Gasteiger partial charge in [0.1, 0.15) is 11.8 Å². The zero-order valence-electron chi connectivity index (χ0n) is 16.0. The van der Waals surface area contributed by atoms with Crippen LogP contribution >= 0.6 is 0 Å². The first-order chi connectivity index (χ1) is 13.3. The summed E-state index contributed by atoms with van der Waals surface area (Å²) in [5.74, 6) is -1.39. The minimum absolute atomic E-state index is 0.109. The summed E-state index contributed by atoms with van der Waals surface area (Å²) in [4.78, 5) is 35.3. The van der Waals surface area contributed by atoms with Crippen LogP contribution in [0.4, 0.5) is 0 Å². The van der Waals surface area contributed by atoms with Crippen molar-refractivity contribution < 1.29 is 24.2 Å². The summed E-state index contributed by atoms with van der Waals surface area (Å²) < 4.78 is 6.62. The Morgan fingerprint density at radius 3 is 2.43 bits per heavy atom. The number of ether oxygens (including phenoxy) is 1. The lowest BCUT2D eigenvalue weighted by atomic mass is 10.0. The molecule has 0 radical (unpaired) electrons. The number of carbonyl (C=O) groups is 3. The fourth-order valence-electron chi connectivity index (χ4n) is 2.51. The first-order valence-electron chi connectivity index (χ1n) is 8.80. The first-order valence-corrected chi connectivity index (χ1v) is 8.80. The van der Waals surface area contributed by atoms with Crippen molar-refractivity contribution in [3.05, 3.63) is 42.2 Å². The number of nitrogens with one attached hydrogen (secondary N) is 2. The number of aliphatic carboxylic acids is 1. The van der Waals surface area contributed by atoms with Gasteiger partial charge in [0, 0.05) is 6.20 Å². The van der Waals surface area contributed by atoms with Crippen molar-refractivity contribution in [2.45, 2.75) is 26.3 Å². The Bertz CT molecular complexity index is 829. The van der Waals surface area contributed by atoms with E-state index >= 15 is 0 Å². The average Bonchev–Trinajstić information content (AvgIpc) is 3.15. The maximum atomic E-state index is 12.2. The molecule has 0 saturated heterocycles. The molecule has 0 bridgehead atoms. The summed E-state index contributed by atoms with van der Waals surface area (Å²) in [7, 11) is 1.57. The molecular weight excluding hydrogens is 364 g/mol. The molecule has 28 heavy (non-hydrogen) atoms. The van der Waals surface area contributed by atoms with Gasteiger partial charge in [-0.25, -0.2) is 9.48 Å². The molecule has 0 saturated carbocycles. The van der Waals surface area contributed by atoms with Crippen molar-refractivity contribution in [2.24, 2.45) is 5.92 Å². The Morgan fingerprint density at radius 1 is 1.18 bits per heavy atom. The quantitative estimate of drug-likeness (QED) is 0.594. The van der Waals surface area contributed by atoms with Gasteiger partial charge in [-0.1, -0.05) is 13.8 Å². The number of hydrogen-bond donors (Lipinski definition) is 3. The summed E-state index contributed by atoms with van der Waals surface area (Å²) in [6.07, 6.45) is 1.93. The molecule has 0 aliphatic carbocycles. The van der Waals surface area contributed by atoms with Crippen LogP contribution in [0, 0.1) is 5.92 Å². The molecule has 0 aliphatic heterocycles. The maximum absolute atomic E-state index is 12.2. The normalized spacial score (nSPS) is 11.7. The third kappa shape index (κ3) is 5.83. The second-order valence-corrected chi connectivity index (χ2v) is 6.61. The van der Waals surface area contributed by atoms with Gasteiger partial charge in [-0.2, -0.15) is 5.10 Å². The number of nitrogens with zero attached hydrogens (tertiary/aromatic N) is 2. The predicted molar refractivity (Wildman–Crippen MR) is 101 cm³/mol. The zero-order valence-corrected chi connectivity index (χ0v) is 16.0. The van der Waals surface area contributed by atoms with Crippen molar-refractivity contribution in [1.29, 1.82) is 0 Å². The smallest absolute Gasteiger partial charge is 0.326 e. The van der Waals surface area contributed by atoms with E-state index in [9.17, 15) is 14.4 Å². The number of amides is 2. The standard InChI is InChI=1S/C19H24N4O5/c1-12(2)10-16(19(26)27)21-17(24)11-20-18(25)15-8-9-23(22-15)13-4-6-14(28-3)7-5-13/h4-9,12,16H,10-11H2,1-3H3,(H,20,25)(H,21,24)(H,26,27)/t16-/m0/s1. The maximum Gasteiger partial charge on any atom is 0.326 e. The molecule has 0 spiro atoms. The fourth-order valence-corrected chi connectivity index (χ4v) is 2.51. The van der Waals surface area contributed by atoms with Gasteiger partial charge >= 0.3 is 5.97 Å². The minimum Gasteiger partial charge on any atom is -0.497 e. The van der Waals surface area contributed by atoms with Gasteiger partial charge in [0.2, 0.25) is 5.91 Å². The summed E-state index contributed by atoms with van der Waals surface area (Å²) in [5, 5.41) is 18.2. The van der Waals surface area contributed by atoms with Crippen LogP contribution in [0.25, 0.3) is 5.69 Å². The third-order valence-corrected chi connectivity index (χ3v) is 3.91. The lowest BCUT2D eigenvalue weighted by molar-refractivity contribution is -0.142. The number of hydrogen-bond acceptors (Lipinski definition) is 5. The van der Waals surface area contributed by atoms with E-state index in [-0.39, 0.29) is 18.2 Å². The zero-order chi connectivity index (χ0) is 20.7. The Morgan fingerprint density at radius 2 is 1.86 bits per heavy atom. The number of carboxylic acid groups (broad SMARTS) is 1. The third-order valence-electron chi connectivity index (χ3n) is 3.91. The van der Waals surface area contributed by atoms with Crippen LogP contribution in [0.5, 0.6) is 5.75 Å². The van der Waals surface area contributed by atoms with Gasteiger partial charge in [-0.15, -0.1) is 0 Å². The molecule has 150 valence electrons. The van der Waals surface area contributed by atoms with Crippen molar-refractivity contribution in [1.82, 2.24) is 20.4 Å². The summed E-state index contributed by atoms with van der Waals surface area (Å²) in [5.41, 5.74) is 0.885. The van der Waals surface area contributed by atoms with Crippen LogP contribution in [0.15, 0.2) is 36.5 Å². The van der Waals surface area contributed by atoms with Crippen LogP contribution in [0.3, 0.4) is 0 Å². The molecule has 2 rings (SSSR count). The monoisotopic (exact) mass is 388 g/mol. The van der Waals surface area contributed by atoms with Gasteiger partial charge < -0.3 is 20.5 Å². The molecular formula is C19H24N4O5. The van der Waals surface area contributed by atoms with Crippen LogP contribution in [0.1, 0.15) is 30.8 Å². The van der Waals surface area contributed by atoms with Crippen molar-refractivity contribution in [2.75, 3.05) is 13.7 Å². The molecule has 0 fully saturated rings. The van der Waals surface area contributed by atoms with E-state index in [2.05, 4.69) is 15.7 Å². The van der Waals surface area contributed by atoms with Crippen LogP contribution in [-0.4, -0.2) is 52.4 Å². The summed E-state index contributed by atoms with van der Waals surface area (Å²) in [6, 6.07) is 7.67. The lowest BCUT2D eigenvalue weighted by Crippen LogP contribution is -2.46. The van der Waals surface area contributed by atoms with Crippen LogP contribution < -0.4 is 15.4 Å². The molecule has 0 unspecified atom stereocenters. The number of benzene rings is 1. The SMILES string of the molecule is COc1ccc(-n2ccc(C(=O)NCC(=O)N[C@@H](CC(C)C)C(=O)O)n2)cc1. The molecule has 9 nitrogen and oxygen atoms in total. The van der Waals surface area contributed by atoms with E-state index in [1.54, 1.807) is 37.6 Å². The number of rotatable bonds is 9. The highest BCUT2D eigenvalue weighted by atomic mass is 16.5. The molecule has 1 atom stereocenters. The molecule has 0 aliphatic rings. The Kier molecular flexibility index (Phi) is 7.14. The fraction of sp³-hybridized carbons (Fsp3) is 0.368. The number of carbonyl (C=O) groups excluding carboxylic acids is 2. The Hall–Kier alpha value is -3.36. The number of methoxy groups -OCH3 is 1. The second-order valence-electron chi connectivity index (χ2n) is 6.61. The van der Waals surface area contributed by atoms with E-state index in [0.29, 0.717) is 12.2 Å². The number of aromatic nitrogens is 2. The molecule has 1 heterocycles. The highest BCUT2D eigenvalue weighted by Gasteiger charge is 2.21. The van der Waals surface area contributed by atoms with Crippen molar-refractivity contribution >= 4 is 17.8 Å². The minimum atomic E-state index is -1.10. The Labute approximate surface area is 162 Å². The molecule has 9 heteroatoms. The largest absolute Gasteiger partial charge is 0.497 e. The van der Waals surface area contributed by atoms with Gasteiger partial charge in [0.05, 0.1) is 19.3 Å². The topological polar surface area (TPSA) is 123 Å². The molecule has 1 aromatic carbocycles. The molecule has 3 N–H and O–H groups in total. The van der Waals surface area contributed by atoms with Gasteiger partial charge in [-0.05, 0) is 42.7 Å². The highest BCUT2D eigenvalue weighted by molar-refractivity contribution is 5.95. The van der Waals surface area contributed by atoms with Crippen molar-refractivity contribution in [3.8, 4) is 11.4 Å². The number of carboxylic acids is 1. The molecule has 2 aromatic rings. The van der Waals surface area contributed by atoms with Gasteiger partial charge in [-0.3, -0.25) is 9.59 Å².